The predicted octanol–water partition coefficient (Wildman–Crippen LogP) is -0.942. The second kappa shape index (κ2) is 4.68. The second-order valence-electron chi connectivity index (χ2n) is 2.54. The first kappa shape index (κ1) is 10.6. The molecule has 2 amide bonds. The number of carbonyl (C=O) groups is 2. The molecule has 0 saturated heterocycles. The van der Waals surface area contributed by atoms with Crippen LogP contribution in [0.25, 0.3) is 0 Å². The van der Waals surface area contributed by atoms with Crippen molar-refractivity contribution in [2.75, 3.05) is 0 Å². The largest absolute Gasteiger partial charge is 0.341 e. The molecule has 0 unspecified atom stereocenters. The summed E-state index contributed by atoms with van der Waals surface area (Å²) in [6, 6.07) is 0. The zero-order valence-corrected chi connectivity index (χ0v) is 8.35. The number of hydrazine groups is 1. The Labute approximate surface area is 84.5 Å². The van der Waals surface area contributed by atoms with Crippen LogP contribution in [0, 0.1) is 6.92 Å². The molecule has 0 spiro atoms. The van der Waals surface area contributed by atoms with Gasteiger partial charge in [-0.1, -0.05) is 0 Å². The first-order valence-electron chi connectivity index (χ1n) is 3.83. The normalized spacial score (nSPS) is 9.57. The Morgan fingerprint density at radius 2 is 2.29 bits per heavy atom. The van der Waals surface area contributed by atoms with Crippen molar-refractivity contribution < 1.29 is 9.59 Å². The van der Waals surface area contributed by atoms with Gasteiger partial charge in [0.1, 0.15) is 5.01 Å². The molecule has 0 atom stereocenters. The SMILES string of the molecule is Cc1csc(CNC(=O)C(=O)NN)n1. The first-order chi connectivity index (χ1) is 6.63. The number of hydrogen-bond donors (Lipinski definition) is 3. The molecule has 1 heterocycles. The van der Waals surface area contributed by atoms with E-state index in [0.29, 0.717) is 0 Å². The number of nitrogens with one attached hydrogen (secondary N) is 2. The quantitative estimate of drug-likeness (QED) is 0.256. The summed E-state index contributed by atoms with van der Waals surface area (Å²) in [5, 5.41) is 5.00. The maximum absolute atomic E-state index is 10.9. The highest BCUT2D eigenvalue weighted by atomic mass is 32.1. The smallest absolute Gasteiger partial charge is 0.323 e. The third kappa shape index (κ3) is 2.79. The minimum absolute atomic E-state index is 0.241. The molecule has 0 saturated carbocycles. The highest BCUT2D eigenvalue weighted by Gasteiger charge is 2.11. The van der Waals surface area contributed by atoms with Gasteiger partial charge in [-0.2, -0.15) is 0 Å². The number of carbonyl (C=O) groups excluding carboxylic acids is 2. The number of hydrogen-bond acceptors (Lipinski definition) is 5. The average Bonchev–Trinajstić information content (AvgIpc) is 2.59. The van der Waals surface area contributed by atoms with Crippen molar-refractivity contribution in [2.45, 2.75) is 13.5 Å². The van der Waals surface area contributed by atoms with Crippen LogP contribution in [-0.4, -0.2) is 16.8 Å². The van der Waals surface area contributed by atoms with Crippen molar-refractivity contribution in [1.82, 2.24) is 15.7 Å². The van der Waals surface area contributed by atoms with Gasteiger partial charge in [0, 0.05) is 11.1 Å². The van der Waals surface area contributed by atoms with Gasteiger partial charge < -0.3 is 5.32 Å². The third-order valence-electron chi connectivity index (χ3n) is 1.40. The van der Waals surface area contributed by atoms with E-state index in [4.69, 9.17) is 5.84 Å². The topological polar surface area (TPSA) is 97.1 Å². The van der Waals surface area contributed by atoms with E-state index in [1.54, 1.807) is 5.43 Å². The van der Waals surface area contributed by atoms with Crippen LogP contribution in [-0.2, 0) is 16.1 Å². The van der Waals surface area contributed by atoms with E-state index in [1.165, 1.54) is 11.3 Å². The molecule has 6 nitrogen and oxygen atoms in total. The lowest BCUT2D eigenvalue weighted by molar-refractivity contribution is -0.139. The number of rotatable bonds is 2. The second-order valence-corrected chi connectivity index (χ2v) is 3.48. The standard InChI is InChI=1S/C7H10N4O2S/c1-4-3-14-5(10-4)2-9-6(12)7(13)11-8/h3H,2,8H2,1H3,(H,9,12)(H,11,13). The van der Waals surface area contributed by atoms with Gasteiger partial charge in [0.25, 0.3) is 0 Å². The lowest BCUT2D eigenvalue weighted by Gasteiger charge is -2.00. The Morgan fingerprint density at radius 1 is 1.57 bits per heavy atom. The average molecular weight is 214 g/mol. The zero-order valence-electron chi connectivity index (χ0n) is 7.53. The van der Waals surface area contributed by atoms with Crippen LogP contribution in [0.1, 0.15) is 10.7 Å². The molecule has 76 valence electrons. The fourth-order valence-electron chi connectivity index (χ4n) is 0.786. The molecule has 0 aliphatic carbocycles. The summed E-state index contributed by atoms with van der Waals surface area (Å²) in [5.74, 6) is 3.15. The van der Waals surface area contributed by atoms with E-state index in [0.717, 1.165) is 10.7 Å². The van der Waals surface area contributed by atoms with Crippen molar-refractivity contribution >= 4 is 23.2 Å². The molecule has 7 heteroatoms. The number of nitrogens with zero attached hydrogens (tertiary/aromatic N) is 1. The van der Waals surface area contributed by atoms with Gasteiger partial charge in [0.05, 0.1) is 6.54 Å². The van der Waals surface area contributed by atoms with Crippen LogP contribution in [0.2, 0.25) is 0 Å². The first-order valence-corrected chi connectivity index (χ1v) is 4.71. The summed E-state index contributed by atoms with van der Waals surface area (Å²) < 4.78 is 0. The molecular formula is C7H10N4O2S. The van der Waals surface area contributed by atoms with Crippen LogP contribution in [0.3, 0.4) is 0 Å². The van der Waals surface area contributed by atoms with Gasteiger partial charge in [-0.3, -0.25) is 15.0 Å². The predicted molar refractivity (Wildman–Crippen MR) is 51.0 cm³/mol. The number of aromatic nitrogens is 1. The van der Waals surface area contributed by atoms with Crippen LogP contribution < -0.4 is 16.6 Å². The molecule has 0 aliphatic heterocycles. The van der Waals surface area contributed by atoms with Gasteiger partial charge in [-0.05, 0) is 6.92 Å². The van der Waals surface area contributed by atoms with Crippen molar-refractivity contribution in [3.8, 4) is 0 Å². The van der Waals surface area contributed by atoms with Gasteiger partial charge in [0.2, 0.25) is 0 Å². The molecule has 0 aromatic carbocycles. The van der Waals surface area contributed by atoms with E-state index in [-0.39, 0.29) is 6.54 Å². The summed E-state index contributed by atoms with van der Waals surface area (Å²) in [5.41, 5.74) is 2.63. The molecule has 0 fully saturated rings. The Bertz CT molecular complexity index is 349. The Morgan fingerprint density at radius 3 is 2.79 bits per heavy atom. The molecule has 14 heavy (non-hydrogen) atoms. The molecule has 0 bridgehead atoms. The Kier molecular flexibility index (Phi) is 3.55. The zero-order chi connectivity index (χ0) is 10.6. The summed E-state index contributed by atoms with van der Waals surface area (Å²) in [7, 11) is 0. The Balaban J connectivity index is 2.41. The summed E-state index contributed by atoms with van der Waals surface area (Å²) in [6.07, 6.45) is 0. The van der Waals surface area contributed by atoms with Crippen LogP contribution in [0.5, 0.6) is 0 Å². The van der Waals surface area contributed by atoms with Crippen molar-refractivity contribution in [3.05, 3.63) is 16.1 Å². The minimum atomic E-state index is -0.863. The van der Waals surface area contributed by atoms with Gasteiger partial charge in [-0.25, -0.2) is 10.8 Å². The monoisotopic (exact) mass is 214 g/mol. The van der Waals surface area contributed by atoms with Crippen molar-refractivity contribution in [3.63, 3.8) is 0 Å². The molecule has 1 aromatic rings. The summed E-state index contributed by atoms with van der Waals surface area (Å²) >= 11 is 1.42. The number of amides is 2. The maximum Gasteiger partial charge on any atom is 0.323 e. The van der Waals surface area contributed by atoms with E-state index >= 15 is 0 Å². The fraction of sp³-hybridized carbons (Fsp3) is 0.286. The van der Waals surface area contributed by atoms with Crippen molar-refractivity contribution in [1.29, 1.82) is 0 Å². The van der Waals surface area contributed by atoms with Crippen molar-refractivity contribution in [2.24, 2.45) is 5.84 Å². The number of nitrogens with two attached hydrogens (primary N) is 1. The fourth-order valence-corrected chi connectivity index (χ4v) is 1.50. The van der Waals surface area contributed by atoms with E-state index in [1.807, 2.05) is 12.3 Å². The van der Waals surface area contributed by atoms with Crippen LogP contribution in [0.4, 0.5) is 0 Å². The van der Waals surface area contributed by atoms with E-state index < -0.39 is 11.8 Å². The molecular weight excluding hydrogens is 204 g/mol. The number of thiazole rings is 1. The van der Waals surface area contributed by atoms with Gasteiger partial charge in [0.15, 0.2) is 0 Å². The summed E-state index contributed by atoms with van der Waals surface area (Å²) in [4.78, 5) is 25.7. The lowest BCUT2D eigenvalue weighted by atomic mass is 10.5. The molecule has 1 rings (SSSR count). The van der Waals surface area contributed by atoms with Crippen LogP contribution in [0.15, 0.2) is 5.38 Å². The molecule has 0 aliphatic rings. The Hall–Kier alpha value is -1.47. The highest BCUT2D eigenvalue weighted by Crippen LogP contribution is 2.07. The van der Waals surface area contributed by atoms with Crippen LogP contribution >= 0.6 is 11.3 Å². The highest BCUT2D eigenvalue weighted by molar-refractivity contribution is 7.09. The summed E-state index contributed by atoms with van der Waals surface area (Å²) in [6.45, 7) is 2.10. The van der Waals surface area contributed by atoms with E-state index in [9.17, 15) is 9.59 Å². The van der Waals surface area contributed by atoms with Gasteiger partial charge in [-0.15, -0.1) is 11.3 Å². The maximum atomic E-state index is 10.9. The molecule has 4 N–H and O–H groups in total. The molecule has 0 radical (unpaired) electrons. The van der Waals surface area contributed by atoms with Gasteiger partial charge >= 0.3 is 11.8 Å². The van der Waals surface area contributed by atoms with E-state index in [2.05, 4.69) is 10.3 Å². The number of aryl methyl sites for hydroxylation is 1. The third-order valence-corrected chi connectivity index (χ3v) is 2.37. The lowest BCUT2D eigenvalue weighted by Crippen LogP contribution is -2.42. The minimum Gasteiger partial charge on any atom is -0.341 e. The molecule has 1 aromatic heterocycles.